The van der Waals surface area contributed by atoms with E-state index in [0.29, 0.717) is 18.9 Å². The van der Waals surface area contributed by atoms with Crippen molar-refractivity contribution in [2.75, 3.05) is 25.5 Å². The number of carbonyl (C=O) groups is 1. The number of nitrogens with zero attached hydrogens (tertiary/aromatic N) is 5. The van der Waals surface area contributed by atoms with E-state index in [1.807, 2.05) is 28.8 Å². The average Bonchev–Trinajstić information content (AvgIpc) is 3.12. The second-order valence-corrected chi connectivity index (χ2v) is 5.12. The van der Waals surface area contributed by atoms with Gasteiger partial charge in [0.1, 0.15) is 5.65 Å². The Labute approximate surface area is 122 Å². The SMILES string of the molecule is CN(C(=O)Nc1cn2ccccc2n1)C1CCN(C#N)C1. The molecule has 21 heavy (non-hydrogen) atoms. The fraction of sp³-hybridized carbons (Fsp3) is 0.357. The second kappa shape index (κ2) is 5.32. The molecule has 0 aliphatic carbocycles. The van der Waals surface area contributed by atoms with Crippen LogP contribution in [0.4, 0.5) is 10.6 Å². The Balaban J connectivity index is 1.67. The average molecular weight is 284 g/mol. The van der Waals surface area contributed by atoms with Crippen LogP contribution in [-0.2, 0) is 0 Å². The van der Waals surface area contributed by atoms with Crippen molar-refractivity contribution in [1.82, 2.24) is 19.2 Å². The number of pyridine rings is 1. The zero-order valence-corrected chi connectivity index (χ0v) is 11.7. The van der Waals surface area contributed by atoms with E-state index in [1.54, 1.807) is 23.0 Å². The Bertz CT molecular complexity index is 670. The molecule has 108 valence electrons. The lowest BCUT2D eigenvalue weighted by Crippen LogP contribution is -2.41. The van der Waals surface area contributed by atoms with Gasteiger partial charge < -0.3 is 14.2 Å². The molecule has 1 aliphatic heterocycles. The molecule has 2 amide bonds. The first kappa shape index (κ1) is 13.2. The summed E-state index contributed by atoms with van der Waals surface area (Å²) in [6.07, 6.45) is 6.58. The second-order valence-electron chi connectivity index (χ2n) is 5.12. The normalized spacial score (nSPS) is 17.7. The van der Waals surface area contributed by atoms with Crippen LogP contribution in [0.3, 0.4) is 0 Å². The summed E-state index contributed by atoms with van der Waals surface area (Å²) >= 11 is 0. The number of imidazole rings is 1. The molecule has 0 spiro atoms. The molecule has 2 aromatic heterocycles. The third-order valence-electron chi connectivity index (χ3n) is 3.77. The quantitative estimate of drug-likeness (QED) is 0.845. The molecule has 1 unspecified atom stereocenters. The molecule has 1 aliphatic rings. The van der Waals surface area contributed by atoms with Gasteiger partial charge in [0.2, 0.25) is 0 Å². The van der Waals surface area contributed by atoms with Crippen LogP contribution in [0.15, 0.2) is 30.6 Å². The molecule has 3 rings (SSSR count). The van der Waals surface area contributed by atoms with Crippen molar-refractivity contribution >= 4 is 17.5 Å². The molecule has 3 heterocycles. The number of likely N-dealkylation sites (tertiary alicyclic amines) is 1. The number of nitrogens with one attached hydrogen (secondary N) is 1. The molecule has 7 heteroatoms. The van der Waals surface area contributed by atoms with Gasteiger partial charge in [0.25, 0.3) is 0 Å². The van der Waals surface area contributed by atoms with Gasteiger partial charge in [-0.25, -0.2) is 9.78 Å². The van der Waals surface area contributed by atoms with Crippen LogP contribution in [0.5, 0.6) is 0 Å². The number of hydrogen-bond acceptors (Lipinski definition) is 4. The number of likely N-dealkylation sites (N-methyl/N-ethyl adjacent to an activating group) is 1. The van der Waals surface area contributed by atoms with E-state index < -0.39 is 0 Å². The van der Waals surface area contributed by atoms with Crippen molar-refractivity contribution < 1.29 is 4.79 Å². The predicted molar refractivity (Wildman–Crippen MR) is 77.6 cm³/mol. The van der Waals surface area contributed by atoms with E-state index in [-0.39, 0.29) is 12.1 Å². The van der Waals surface area contributed by atoms with Gasteiger partial charge in [-0.2, -0.15) is 5.26 Å². The summed E-state index contributed by atoms with van der Waals surface area (Å²) in [6, 6.07) is 5.53. The molecule has 2 aromatic rings. The maximum atomic E-state index is 12.2. The molecule has 0 saturated carbocycles. The smallest absolute Gasteiger partial charge is 0.323 e. The minimum atomic E-state index is -0.205. The van der Waals surface area contributed by atoms with Crippen molar-refractivity contribution in [3.05, 3.63) is 30.6 Å². The molecule has 7 nitrogen and oxygen atoms in total. The minimum absolute atomic E-state index is 0.0571. The summed E-state index contributed by atoms with van der Waals surface area (Å²) in [5, 5.41) is 11.7. The summed E-state index contributed by atoms with van der Waals surface area (Å²) in [5.41, 5.74) is 0.784. The van der Waals surface area contributed by atoms with Crippen LogP contribution >= 0.6 is 0 Å². The number of amides is 2. The minimum Gasteiger partial charge on any atom is -0.323 e. The largest absolute Gasteiger partial charge is 0.323 e. The molecule has 1 N–H and O–H groups in total. The third-order valence-corrected chi connectivity index (χ3v) is 3.77. The van der Waals surface area contributed by atoms with E-state index in [2.05, 4.69) is 16.5 Å². The summed E-state index contributed by atoms with van der Waals surface area (Å²) in [5.74, 6) is 0.521. The van der Waals surface area contributed by atoms with E-state index >= 15 is 0 Å². The Hall–Kier alpha value is -2.75. The van der Waals surface area contributed by atoms with E-state index in [1.165, 1.54) is 0 Å². The van der Waals surface area contributed by atoms with Gasteiger partial charge in [-0.1, -0.05) is 6.07 Å². The lowest BCUT2D eigenvalue weighted by atomic mass is 10.2. The molecule has 0 aromatic carbocycles. The van der Waals surface area contributed by atoms with Crippen LogP contribution < -0.4 is 5.32 Å². The highest BCUT2D eigenvalue weighted by Crippen LogP contribution is 2.15. The van der Waals surface area contributed by atoms with Gasteiger partial charge in [-0.3, -0.25) is 5.32 Å². The van der Waals surface area contributed by atoms with Crippen molar-refractivity contribution in [1.29, 1.82) is 5.26 Å². The molecule has 0 bridgehead atoms. The lowest BCUT2D eigenvalue weighted by Gasteiger charge is -2.23. The van der Waals surface area contributed by atoms with Crippen LogP contribution in [0, 0.1) is 11.5 Å². The zero-order chi connectivity index (χ0) is 14.8. The van der Waals surface area contributed by atoms with Crippen molar-refractivity contribution in [3.8, 4) is 6.19 Å². The van der Waals surface area contributed by atoms with E-state index in [0.717, 1.165) is 12.1 Å². The van der Waals surface area contributed by atoms with Gasteiger partial charge in [0, 0.05) is 26.3 Å². The Kier molecular flexibility index (Phi) is 3.36. The summed E-state index contributed by atoms with van der Waals surface area (Å²) in [6.45, 7) is 1.29. The zero-order valence-electron chi connectivity index (χ0n) is 11.7. The molecular formula is C14H16N6O. The summed E-state index contributed by atoms with van der Waals surface area (Å²) in [7, 11) is 1.75. The first-order chi connectivity index (χ1) is 10.2. The van der Waals surface area contributed by atoms with Crippen LogP contribution in [0.2, 0.25) is 0 Å². The summed E-state index contributed by atoms with van der Waals surface area (Å²) in [4.78, 5) is 19.9. The number of hydrogen-bond donors (Lipinski definition) is 1. The number of anilines is 1. The van der Waals surface area contributed by atoms with Crippen LogP contribution in [-0.4, -0.2) is 51.4 Å². The molecule has 1 fully saturated rings. The first-order valence-electron chi connectivity index (χ1n) is 6.79. The maximum absolute atomic E-state index is 12.2. The number of rotatable bonds is 2. The lowest BCUT2D eigenvalue weighted by molar-refractivity contribution is 0.205. The number of carbonyl (C=O) groups excluding carboxylic acids is 1. The van der Waals surface area contributed by atoms with Crippen LogP contribution in [0.1, 0.15) is 6.42 Å². The topological polar surface area (TPSA) is 76.7 Å². The van der Waals surface area contributed by atoms with E-state index in [4.69, 9.17) is 5.26 Å². The standard InChI is InChI=1S/C14H16N6O/c1-18(11-5-7-19(8-11)10-15)14(21)17-12-9-20-6-3-2-4-13(20)16-12/h2-4,6,9,11H,5,7-8H2,1H3,(H,17,21). The molecular weight excluding hydrogens is 268 g/mol. The number of urea groups is 1. The van der Waals surface area contributed by atoms with Crippen LogP contribution in [0.25, 0.3) is 5.65 Å². The van der Waals surface area contributed by atoms with Gasteiger partial charge in [-0.15, -0.1) is 0 Å². The number of nitriles is 1. The fourth-order valence-corrected chi connectivity index (χ4v) is 2.51. The van der Waals surface area contributed by atoms with Gasteiger partial charge in [-0.05, 0) is 18.6 Å². The Morgan fingerprint density at radius 2 is 2.43 bits per heavy atom. The molecule has 1 atom stereocenters. The van der Waals surface area contributed by atoms with Gasteiger partial charge >= 0.3 is 6.03 Å². The summed E-state index contributed by atoms with van der Waals surface area (Å²) < 4.78 is 1.85. The highest BCUT2D eigenvalue weighted by molar-refractivity contribution is 5.88. The van der Waals surface area contributed by atoms with Gasteiger partial charge in [0.05, 0.1) is 12.2 Å². The predicted octanol–water partition coefficient (Wildman–Crippen LogP) is 1.35. The fourth-order valence-electron chi connectivity index (χ4n) is 2.51. The molecule has 0 radical (unpaired) electrons. The Morgan fingerprint density at radius 3 is 3.14 bits per heavy atom. The maximum Gasteiger partial charge on any atom is 0.323 e. The van der Waals surface area contributed by atoms with Gasteiger partial charge in [0.15, 0.2) is 12.0 Å². The van der Waals surface area contributed by atoms with Crippen molar-refractivity contribution in [3.63, 3.8) is 0 Å². The Morgan fingerprint density at radius 1 is 1.57 bits per heavy atom. The monoisotopic (exact) mass is 284 g/mol. The van der Waals surface area contributed by atoms with E-state index in [9.17, 15) is 4.79 Å². The number of aromatic nitrogens is 2. The highest BCUT2D eigenvalue weighted by Gasteiger charge is 2.28. The number of fused-ring (bicyclic) bond motifs is 1. The van der Waals surface area contributed by atoms with Crippen molar-refractivity contribution in [2.24, 2.45) is 0 Å². The first-order valence-corrected chi connectivity index (χ1v) is 6.79. The van der Waals surface area contributed by atoms with Crippen molar-refractivity contribution in [2.45, 2.75) is 12.5 Å². The highest BCUT2D eigenvalue weighted by atomic mass is 16.2. The molecule has 1 saturated heterocycles. The third kappa shape index (κ3) is 2.60.